The number of benzene rings is 1. The summed E-state index contributed by atoms with van der Waals surface area (Å²) in [5.74, 6) is 7.08. The molecule has 1 amide bonds. The van der Waals surface area contributed by atoms with E-state index in [1.807, 2.05) is 31.2 Å². The SMILES string of the molecule is Cc1ccccc1OCC#CCNC(=O)C1CCCCC1. The molecule has 21 heavy (non-hydrogen) atoms. The maximum absolute atomic E-state index is 11.9. The minimum absolute atomic E-state index is 0.156. The Labute approximate surface area is 127 Å². The summed E-state index contributed by atoms with van der Waals surface area (Å²) in [6.07, 6.45) is 5.66. The van der Waals surface area contributed by atoms with E-state index in [2.05, 4.69) is 17.2 Å². The Morgan fingerprint density at radius 3 is 2.76 bits per heavy atom. The third kappa shape index (κ3) is 5.15. The van der Waals surface area contributed by atoms with Crippen LogP contribution in [0.1, 0.15) is 37.7 Å². The molecule has 1 aromatic carbocycles. The molecule has 0 spiro atoms. The lowest BCUT2D eigenvalue weighted by molar-refractivity contribution is -0.125. The smallest absolute Gasteiger partial charge is 0.223 e. The quantitative estimate of drug-likeness (QED) is 0.863. The third-order valence-electron chi connectivity index (χ3n) is 3.85. The van der Waals surface area contributed by atoms with Crippen molar-refractivity contribution in [2.75, 3.05) is 13.2 Å². The molecule has 1 fully saturated rings. The number of hydrogen-bond donors (Lipinski definition) is 1. The monoisotopic (exact) mass is 285 g/mol. The van der Waals surface area contributed by atoms with Gasteiger partial charge in [0, 0.05) is 5.92 Å². The lowest BCUT2D eigenvalue weighted by Gasteiger charge is -2.19. The van der Waals surface area contributed by atoms with Crippen LogP contribution in [0.5, 0.6) is 5.75 Å². The Hall–Kier alpha value is -1.95. The number of carbonyl (C=O) groups is 1. The number of hydrogen-bond acceptors (Lipinski definition) is 2. The number of amides is 1. The standard InChI is InChI=1S/C18H23NO2/c1-15-9-5-6-12-17(15)21-14-8-7-13-19-18(20)16-10-3-2-4-11-16/h5-6,9,12,16H,2-4,10-11,13-14H2,1H3,(H,19,20). The highest BCUT2D eigenvalue weighted by Crippen LogP contribution is 2.23. The van der Waals surface area contributed by atoms with Crippen molar-refractivity contribution in [2.45, 2.75) is 39.0 Å². The molecular formula is C18H23NO2. The summed E-state index contributed by atoms with van der Waals surface area (Å²) in [5, 5.41) is 2.89. The van der Waals surface area contributed by atoms with Gasteiger partial charge in [-0.25, -0.2) is 0 Å². The van der Waals surface area contributed by atoms with Gasteiger partial charge in [0.05, 0.1) is 6.54 Å². The second kappa shape index (κ2) is 8.36. The van der Waals surface area contributed by atoms with Crippen LogP contribution in [0.3, 0.4) is 0 Å². The second-order valence-corrected chi connectivity index (χ2v) is 5.46. The van der Waals surface area contributed by atoms with E-state index in [1.165, 1.54) is 19.3 Å². The molecular weight excluding hydrogens is 262 g/mol. The highest BCUT2D eigenvalue weighted by molar-refractivity contribution is 5.78. The number of carbonyl (C=O) groups excluding carboxylic acids is 1. The summed E-state index contributed by atoms with van der Waals surface area (Å²) < 4.78 is 5.57. The molecule has 1 N–H and O–H groups in total. The van der Waals surface area contributed by atoms with Crippen molar-refractivity contribution in [1.82, 2.24) is 5.32 Å². The van der Waals surface area contributed by atoms with Crippen LogP contribution in [0, 0.1) is 24.7 Å². The molecule has 3 nitrogen and oxygen atoms in total. The summed E-state index contributed by atoms with van der Waals surface area (Å²) in [7, 11) is 0. The van der Waals surface area contributed by atoms with Gasteiger partial charge in [-0.05, 0) is 31.4 Å². The molecule has 0 heterocycles. The van der Waals surface area contributed by atoms with E-state index in [0.29, 0.717) is 13.2 Å². The Bertz CT molecular complexity index is 522. The van der Waals surface area contributed by atoms with Crippen LogP contribution in [-0.2, 0) is 4.79 Å². The van der Waals surface area contributed by atoms with Crippen LogP contribution in [-0.4, -0.2) is 19.1 Å². The first-order valence-electron chi connectivity index (χ1n) is 7.69. The van der Waals surface area contributed by atoms with Crippen LogP contribution in [0.25, 0.3) is 0 Å². The summed E-state index contributed by atoms with van der Waals surface area (Å²) >= 11 is 0. The Balaban J connectivity index is 1.65. The molecule has 0 aromatic heterocycles. The summed E-state index contributed by atoms with van der Waals surface area (Å²) in [4.78, 5) is 11.9. The highest BCUT2D eigenvalue weighted by atomic mass is 16.5. The Morgan fingerprint density at radius 1 is 1.24 bits per heavy atom. The molecule has 0 unspecified atom stereocenters. The average Bonchev–Trinajstić information content (AvgIpc) is 2.53. The molecule has 1 saturated carbocycles. The largest absolute Gasteiger partial charge is 0.481 e. The maximum Gasteiger partial charge on any atom is 0.223 e. The normalized spacial score (nSPS) is 14.9. The van der Waals surface area contributed by atoms with Crippen LogP contribution >= 0.6 is 0 Å². The van der Waals surface area contributed by atoms with Gasteiger partial charge in [-0.2, -0.15) is 0 Å². The molecule has 1 aromatic rings. The lowest BCUT2D eigenvalue weighted by atomic mass is 9.89. The van der Waals surface area contributed by atoms with Gasteiger partial charge in [0.2, 0.25) is 5.91 Å². The Morgan fingerprint density at radius 2 is 2.00 bits per heavy atom. The van der Waals surface area contributed by atoms with E-state index < -0.39 is 0 Å². The molecule has 0 atom stereocenters. The lowest BCUT2D eigenvalue weighted by Crippen LogP contribution is -2.32. The summed E-state index contributed by atoms with van der Waals surface area (Å²) in [5.41, 5.74) is 1.10. The highest BCUT2D eigenvalue weighted by Gasteiger charge is 2.19. The van der Waals surface area contributed by atoms with Crippen molar-refractivity contribution in [3.63, 3.8) is 0 Å². The van der Waals surface area contributed by atoms with Crippen LogP contribution in [0.4, 0.5) is 0 Å². The van der Waals surface area contributed by atoms with E-state index in [0.717, 1.165) is 24.2 Å². The summed E-state index contributed by atoms with van der Waals surface area (Å²) in [6.45, 7) is 2.77. The topological polar surface area (TPSA) is 38.3 Å². The molecule has 2 rings (SSSR count). The first kappa shape index (κ1) is 15.4. The van der Waals surface area contributed by atoms with E-state index in [4.69, 9.17) is 4.74 Å². The number of ether oxygens (including phenoxy) is 1. The predicted molar refractivity (Wildman–Crippen MR) is 84.0 cm³/mol. The average molecular weight is 285 g/mol. The van der Waals surface area contributed by atoms with Gasteiger partial charge in [-0.15, -0.1) is 0 Å². The predicted octanol–water partition coefficient (Wildman–Crippen LogP) is 3.07. The number of rotatable bonds is 4. The molecule has 0 aliphatic heterocycles. The maximum atomic E-state index is 11.9. The number of nitrogens with one attached hydrogen (secondary N) is 1. The number of para-hydroxylation sites is 1. The number of aryl methyl sites for hydroxylation is 1. The molecule has 0 saturated heterocycles. The van der Waals surface area contributed by atoms with Crippen LogP contribution in [0.2, 0.25) is 0 Å². The van der Waals surface area contributed by atoms with Gasteiger partial charge in [0.15, 0.2) is 0 Å². The fourth-order valence-corrected chi connectivity index (χ4v) is 2.59. The van der Waals surface area contributed by atoms with Crippen molar-refractivity contribution < 1.29 is 9.53 Å². The Kier molecular flexibility index (Phi) is 6.15. The molecule has 3 heteroatoms. The van der Waals surface area contributed by atoms with Gasteiger partial charge in [-0.1, -0.05) is 49.3 Å². The van der Waals surface area contributed by atoms with Gasteiger partial charge >= 0.3 is 0 Å². The van der Waals surface area contributed by atoms with Crippen molar-refractivity contribution in [3.05, 3.63) is 29.8 Å². The van der Waals surface area contributed by atoms with Crippen molar-refractivity contribution in [2.24, 2.45) is 5.92 Å². The molecule has 112 valence electrons. The first-order valence-corrected chi connectivity index (χ1v) is 7.69. The van der Waals surface area contributed by atoms with Crippen molar-refractivity contribution >= 4 is 5.91 Å². The second-order valence-electron chi connectivity index (χ2n) is 5.46. The molecule has 0 radical (unpaired) electrons. The fourth-order valence-electron chi connectivity index (χ4n) is 2.59. The van der Waals surface area contributed by atoms with E-state index in [9.17, 15) is 4.79 Å². The summed E-state index contributed by atoms with van der Waals surface area (Å²) in [6, 6.07) is 7.86. The third-order valence-corrected chi connectivity index (χ3v) is 3.85. The minimum atomic E-state index is 0.156. The van der Waals surface area contributed by atoms with Crippen LogP contribution < -0.4 is 10.1 Å². The van der Waals surface area contributed by atoms with Gasteiger partial charge in [0.1, 0.15) is 12.4 Å². The minimum Gasteiger partial charge on any atom is -0.481 e. The van der Waals surface area contributed by atoms with Gasteiger partial charge < -0.3 is 10.1 Å². The van der Waals surface area contributed by atoms with E-state index in [1.54, 1.807) is 0 Å². The molecule has 0 bridgehead atoms. The van der Waals surface area contributed by atoms with Crippen molar-refractivity contribution in [3.8, 4) is 17.6 Å². The van der Waals surface area contributed by atoms with Gasteiger partial charge in [-0.3, -0.25) is 4.79 Å². The van der Waals surface area contributed by atoms with Crippen LogP contribution in [0.15, 0.2) is 24.3 Å². The van der Waals surface area contributed by atoms with Gasteiger partial charge in [0.25, 0.3) is 0 Å². The molecule has 1 aliphatic carbocycles. The zero-order valence-corrected chi connectivity index (χ0v) is 12.7. The van der Waals surface area contributed by atoms with E-state index >= 15 is 0 Å². The zero-order chi connectivity index (χ0) is 14.9. The fraction of sp³-hybridized carbons (Fsp3) is 0.500. The first-order chi connectivity index (χ1) is 10.3. The van der Waals surface area contributed by atoms with E-state index in [-0.39, 0.29) is 11.8 Å². The molecule has 1 aliphatic rings. The zero-order valence-electron chi connectivity index (χ0n) is 12.7. The van der Waals surface area contributed by atoms with Crippen molar-refractivity contribution in [1.29, 1.82) is 0 Å².